The van der Waals surface area contributed by atoms with Crippen molar-refractivity contribution < 1.29 is 24.2 Å². The molecular weight excluding hydrogens is 262 g/mol. The van der Waals surface area contributed by atoms with Gasteiger partial charge in [0.1, 0.15) is 11.9 Å². The van der Waals surface area contributed by atoms with Crippen LogP contribution in [0.4, 0.5) is 0 Å². The van der Waals surface area contributed by atoms with Crippen LogP contribution in [0.2, 0.25) is 0 Å². The smallest absolute Gasteiger partial charge is 0.307 e. The number of carboxylic acids is 1. The minimum Gasteiger partial charge on any atom is -0.494 e. The second-order valence-electron chi connectivity index (χ2n) is 4.11. The molecule has 0 saturated carbocycles. The highest BCUT2D eigenvalue weighted by Crippen LogP contribution is 2.22. The molecule has 0 unspecified atom stereocenters. The van der Waals surface area contributed by atoms with Gasteiger partial charge in [0.05, 0.1) is 19.4 Å². The molecule has 0 radical (unpaired) electrons. The summed E-state index contributed by atoms with van der Waals surface area (Å²) in [7, 11) is 0. The topological polar surface area (TPSA) is 98.9 Å². The van der Waals surface area contributed by atoms with E-state index in [0.717, 1.165) is 5.56 Å². The summed E-state index contributed by atoms with van der Waals surface area (Å²) in [6, 6.07) is 7.12. The van der Waals surface area contributed by atoms with Crippen LogP contribution in [0.1, 0.15) is 31.4 Å². The lowest BCUT2D eigenvalue weighted by molar-refractivity contribution is -0.152. The van der Waals surface area contributed by atoms with E-state index < -0.39 is 18.0 Å². The molecule has 20 heavy (non-hydrogen) atoms. The van der Waals surface area contributed by atoms with E-state index in [1.807, 2.05) is 6.92 Å². The summed E-state index contributed by atoms with van der Waals surface area (Å²) < 4.78 is 10.6. The van der Waals surface area contributed by atoms with Crippen molar-refractivity contribution in [3.05, 3.63) is 29.8 Å². The van der Waals surface area contributed by atoms with Gasteiger partial charge in [0.2, 0.25) is 0 Å². The fraction of sp³-hybridized carbons (Fsp3) is 0.429. The highest BCUT2D eigenvalue weighted by atomic mass is 16.5. The molecule has 0 fully saturated rings. The summed E-state index contributed by atoms with van der Waals surface area (Å²) in [5, 5.41) is 8.52. The highest BCUT2D eigenvalue weighted by Gasteiger charge is 2.16. The lowest BCUT2D eigenvalue weighted by atomic mass is 10.1. The number of esters is 1. The number of aliphatic carboxylic acids is 1. The maximum Gasteiger partial charge on any atom is 0.307 e. The van der Waals surface area contributed by atoms with Gasteiger partial charge in [-0.2, -0.15) is 0 Å². The molecule has 0 aliphatic carbocycles. The molecule has 1 atom stereocenters. The molecule has 1 aromatic rings. The number of carboxylic acid groups (broad SMARTS) is 1. The maximum absolute atomic E-state index is 11.5. The van der Waals surface area contributed by atoms with Crippen LogP contribution in [0.5, 0.6) is 5.75 Å². The van der Waals surface area contributed by atoms with E-state index in [0.29, 0.717) is 12.4 Å². The molecule has 0 heterocycles. The monoisotopic (exact) mass is 281 g/mol. The zero-order valence-corrected chi connectivity index (χ0v) is 11.4. The Morgan fingerprint density at radius 1 is 1.35 bits per heavy atom. The number of ether oxygens (including phenoxy) is 2. The minimum absolute atomic E-state index is 0.119. The maximum atomic E-state index is 11.5. The molecule has 0 bridgehead atoms. The largest absolute Gasteiger partial charge is 0.494 e. The van der Waals surface area contributed by atoms with Crippen LogP contribution in [0.25, 0.3) is 0 Å². The Morgan fingerprint density at radius 2 is 2.10 bits per heavy atom. The number of carbonyl (C=O) groups excluding carboxylic acids is 1. The molecule has 6 nitrogen and oxygen atoms in total. The van der Waals surface area contributed by atoms with Crippen molar-refractivity contribution in [2.75, 3.05) is 13.2 Å². The lowest BCUT2D eigenvalue weighted by Gasteiger charge is -2.17. The lowest BCUT2D eigenvalue weighted by Crippen LogP contribution is -2.20. The zero-order valence-electron chi connectivity index (χ0n) is 11.4. The van der Waals surface area contributed by atoms with Crippen molar-refractivity contribution in [1.82, 2.24) is 0 Å². The molecule has 0 saturated heterocycles. The Balaban J connectivity index is 2.67. The summed E-state index contributed by atoms with van der Waals surface area (Å²) in [5.74, 6) is -0.945. The summed E-state index contributed by atoms with van der Waals surface area (Å²) in [6.45, 7) is 2.53. The summed E-state index contributed by atoms with van der Waals surface area (Å²) >= 11 is 0. The van der Waals surface area contributed by atoms with Crippen LogP contribution in [0, 0.1) is 0 Å². The first-order chi connectivity index (χ1) is 9.56. The van der Waals surface area contributed by atoms with Crippen molar-refractivity contribution in [3.63, 3.8) is 0 Å². The third-order valence-electron chi connectivity index (χ3n) is 2.57. The van der Waals surface area contributed by atoms with Crippen molar-refractivity contribution in [1.29, 1.82) is 0 Å². The van der Waals surface area contributed by atoms with Crippen LogP contribution in [0.15, 0.2) is 24.3 Å². The molecule has 0 spiro atoms. The van der Waals surface area contributed by atoms with Crippen LogP contribution >= 0.6 is 0 Å². The predicted octanol–water partition coefficient (Wildman–Crippen LogP) is 1.49. The Morgan fingerprint density at radius 3 is 2.70 bits per heavy atom. The molecule has 0 aliphatic rings. The standard InChI is InChI=1S/C14H19NO5/c1-2-19-11-5-3-4-10(8-11)12(9-15)20-14(18)7-6-13(16)17/h3-5,8,12H,2,6-7,9,15H2,1H3,(H,16,17)/t12-/m0/s1. The third kappa shape index (κ3) is 5.27. The van der Waals surface area contributed by atoms with E-state index in [2.05, 4.69) is 0 Å². The number of hydrogen-bond donors (Lipinski definition) is 2. The van der Waals surface area contributed by atoms with E-state index in [1.54, 1.807) is 24.3 Å². The van der Waals surface area contributed by atoms with Crippen LogP contribution in [-0.2, 0) is 14.3 Å². The van der Waals surface area contributed by atoms with Gasteiger partial charge in [0.25, 0.3) is 0 Å². The molecule has 0 aromatic heterocycles. The number of benzene rings is 1. The van der Waals surface area contributed by atoms with Crippen molar-refractivity contribution in [2.24, 2.45) is 5.73 Å². The van der Waals surface area contributed by atoms with Gasteiger partial charge in [-0.1, -0.05) is 12.1 Å². The summed E-state index contributed by atoms with van der Waals surface area (Å²) in [5.41, 5.74) is 6.32. The Kier molecular flexibility index (Phi) is 6.52. The van der Waals surface area contributed by atoms with Crippen LogP contribution in [-0.4, -0.2) is 30.2 Å². The van der Waals surface area contributed by atoms with E-state index in [9.17, 15) is 9.59 Å². The number of rotatable bonds is 8. The average molecular weight is 281 g/mol. The molecular formula is C14H19NO5. The normalized spacial score (nSPS) is 11.7. The molecule has 1 rings (SSSR count). The molecule has 3 N–H and O–H groups in total. The minimum atomic E-state index is -1.04. The first-order valence-corrected chi connectivity index (χ1v) is 6.41. The number of carbonyl (C=O) groups is 2. The van der Waals surface area contributed by atoms with Gasteiger partial charge < -0.3 is 20.3 Å². The summed E-state index contributed by atoms with van der Waals surface area (Å²) in [4.78, 5) is 21.9. The fourth-order valence-corrected chi connectivity index (χ4v) is 1.65. The highest BCUT2D eigenvalue weighted by molar-refractivity contribution is 5.76. The summed E-state index contributed by atoms with van der Waals surface area (Å²) in [6.07, 6.45) is -1.02. The van der Waals surface area contributed by atoms with Crippen molar-refractivity contribution in [2.45, 2.75) is 25.9 Å². The van der Waals surface area contributed by atoms with E-state index in [1.165, 1.54) is 0 Å². The van der Waals surface area contributed by atoms with Crippen molar-refractivity contribution in [3.8, 4) is 5.75 Å². The average Bonchev–Trinajstić information content (AvgIpc) is 2.43. The molecule has 0 amide bonds. The Bertz CT molecular complexity index is 461. The Hall–Kier alpha value is -2.08. The second-order valence-corrected chi connectivity index (χ2v) is 4.11. The fourth-order valence-electron chi connectivity index (χ4n) is 1.65. The van der Waals surface area contributed by atoms with Gasteiger partial charge in [0, 0.05) is 6.54 Å². The number of nitrogens with two attached hydrogens (primary N) is 1. The zero-order chi connectivity index (χ0) is 15.0. The van der Waals surface area contributed by atoms with Crippen LogP contribution < -0.4 is 10.5 Å². The van der Waals surface area contributed by atoms with Gasteiger partial charge in [-0.25, -0.2) is 0 Å². The third-order valence-corrected chi connectivity index (χ3v) is 2.57. The molecule has 6 heteroatoms. The van der Waals surface area contributed by atoms with Crippen molar-refractivity contribution >= 4 is 11.9 Å². The predicted molar refractivity (Wildman–Crippen MR) is 72.4 cm³/mol. The number of hydrogen-bond acceptors (Lipinski definition) is 5. The first kappa shape index (κ1) is 16.0. The van der Waals surface area contributed by atoms with Gasteiger partial charge in [-0.15, -0.1) is 0 Å². The van der Waals surface area contributed by atoms with Crippen LogP contribution in [0.3, 0.4) is 0 Å². The van der Waals surface area contributed by atoms with E-state index in [4.69, 9.17) is 20.3 Å². The van der Waals surface area contributed by atoms with E-state index >= 15 is 0 Å². The van der Waals surface area contributed by atoms with Gasteiger partial charge in [0.15, 0.2) is 0 Å². The van der Waals surface area contributed by atoms with Gasteiger partial charge >= 0.3 is 11.9 Å². The van der Waals surface area contributed by atoms with Gasteiger partial charge in [-0.3, -0.25) is 9.59 Å². The molecule has 1 aromatic carbocycles. The SMILES string of the molecule is CCOc1cccc([C@H](CN)OC(=O)CCC(=O)O)c1. The molecule has 0 aliphatic heterocycles. The first-order valence-electron chi connectivity index (χ1n) is 6.41. The molecule has 110 valence electrons. The van der Waals surface area contributed by atoms with Gasteiger partial charge in [-0.05, 0) is 24.6 Å². The second kappa shape index (κ2) is 8.16. The Labute approximate surface area is 117 Å². The van der Waals surface area contributed by atoms with E-state index in [-0.39, 0.29) is 19.4 Å². The quantitative estimate of drug-likeness (QED) is 0.700.